The third-order valence-corrected chi connectivity index (χ3v) is 3.92. The van der Waals surface area contributed by atoms with Crippen molar-refractivity contribution in [1.29, 1.82) is 0 Å². The van der Waals surface area contributed by atoms with Crippen LogP contribution in [-0.4, -0.2) is 32.4 Å². The molecule has 4 rings (SSSR count). The highest BCUT2D eigenvalue weighted by Crippen LogP contribution is 2.23. The van der Waals surface area contributed by atoms with Gasteiger partial charge in [-0.1, -0.05) is 0 Å². The summed E-state index contributed by atoms with van der Waals surface area (Å²) < 4.78 is 1.98. The molecular weight excluding hydrogens is 276 g/mol. The monoisotopic (exact) mass is 294 g/mol. The number of fused-ring (bicyclic) bond motifs is 1. The van der Waals surface area contributed by atoms with Gasteiger partial charge in [-0.2, -0.15) is 0 Å². The van der Waals surface area contributed by atoms with Gasteiger partial charge in [-0.05, 0) is 25.8 Å². The van der Waals surface area contributed by atoms with E-state index < -0.39 is 0 Å². The summed E-state index contributed by atoms with van der Waals surface area (Å²) >= 11 is 0. The molecule has 6 nitrogen and oxygen atoms in total. The minimum Gasteiger partial charge on any atom is -0.356 e. The zero-order valence-electron chi connectivity index (χ0n) is 12.5. The Balaban J connectivity index is 1.63. The predicted octanol–water partition coefficient (Wildman–Crippen LogP) is 2.78. The van der Waals surface area contributed by atoms with E-state index in [4.69, 9.17) is 0 Å². The number of aryl methyl sites for hydroxylation is 1. The molecule has 0 atom stereocenters. The van der Waals surface area contributed by atoms with Crippen LogP contribution < -0.4 is 10.2 Å². The Morgan fingerprint density at radius 2 is 1.95 bits per heavy atom. The highest BCUT2D eigenvalue weighted by molar-refractivity contribution is 5.63. The lowest BCUT2D eigenvalue weighted by Gasteiger charge is -2.17. The molecule has 1 fully saturated rings. The average molecular weight is 294 g/mol. The van der Waals surface area contributed by atoms with Crippen molar-refractivity contribution in [2.24, 2.45) is 0 Å². The lowest BCUT2D eigenvalue weighted by atomic mass is 10.3. The summed E-state index contributed by atoms with van der Waals surface area (Å²) in [5, 5.41) is 3.36. The first-order valence-corrected chi connectivity index (χ1v) is 7.58. The molecule has 0 bridgehead atoms. The molecule has 22 heavy (non-hydrogen) atoms. The van der Waals surface area contributed by atoms with Crippen molar-refractivity contribution in [3.05, 3.63) is 42.6 Å². The van der Waals surface area contributed by atoms with Gasteiger partial charge in [0.25, 0.3) is 0 Å². The molecule has 1 aliphatic heterocycles. The van der Waals surface area contributed by atoms with Gasteiger partial charge in [-0.15, -0.1) is 0 Å². The molecule has 0 amide bonds. The highest BCUT2D eigenvalue weighted by atomic mass is 15.2. The van der Waals surface area contributed by atoms with E-state index in [2.05, 4.69) is 25.2 Å². The maximum Gasteiger partial charge on any atom is 0.138 e. The van der Waals surface area contributed by atoms with Crippen LogP contribution in [0, 0.1) is 6.92 Å². The van der Waals surface area contributed by atoms with Crippen molar-refractivity contribution in [1.82, 2.24) is 19.4 Å². The topological polar surface area (TPSA) is 58.4 Å². The second-order valence-electron chi connectivity index (χ2n) is 5.59. The molecule has 3 aromatic rings. The Morgan fingerprint density at radius 1 is 1.09 bits per heavy atom. The molecule has 4 heterocycles. The Morgan fingerprint density at radius 3 is 2.82 bits per heavy atom. The number of aromatic nitrogens is 4. The summed E-state index contributed by atoms with van der Waals surface area (Å²) in [7, 11) is 0. The summed E-state index contributed by atoms with van der Waals surface area (Å²) in [6, 6.07) is 6.04. The van der Waals surface area contributed by atoms with Gasteiger partial charge < -0.3 is 14.6 Å². The first-order chi connectivity index (χ1) is 10.8. The first kappa shape index (κ1) is 13.1. The lowest BCUT2D eigenvalue weighted by Crippen LogP contribution is -2.19. The number of pyridine rings is 1. The second kappa shape index (κ2) is 5.29. The van der Waals surface area contributed by atoms with Crippen molar-refractivity contribution in [3.63, 3.8) is 0 Å². The number of imidazole rings is 1. The number of hydrogen-bond acceptors (Lipinski definition) is 5. The Labute approximate surface area is 128 Å². The largest absolute Gasteiger partial charge is 0.356 e. The molecular formula is C16H18N6. The van der Waals surface area contributed by atoms with Gasteiger partial charge in [-0.3, -0.25) is 0 Å². The van der Waals surface area contributed by atoms with Crippen molar-refractivity contribution < 1.29 is 0 Å². The fourth-order valence-electron chi connectivity index (χ4n) is 2.86. The molecule has 0 aliphatic carbocycles. The maximum atomic E-state index is 4.56. The molecule has 0 spiro atoms. The van der Waals surface area contributed by atoms with E-state index in [0.717, 1.165) is 41.9 Å². The molecule has 3 aromatic heterocycles. The van der Waals surface area contributed by atoms with Gasteiger partial charge in [0.1, 0.15) is 23.1 Å². The SMILES string of the molecule is Cc1nc(Nc2ccn3ccnc3c2)cc(N2CCCC2)n1. The third kappa shape index (κ3) is 2.47. The van der Waals surface area contributed by atoms with Crippen molar-refractivity contribution >= 4 is 23.0 Å². The fraction of sp³-hybridized carbons (Fsp3) is 0.312. The molecule has 1 aliphatic rings. The predicted molar refractivity (Wildman–Crippen MR) is 86.7 cm³/mol. The Bertz CT molecular complexity index is 803. The molecule has 0 radical (unpaired) electrons. The standard InChI is InChI=1S/C16H18N6/c1-12-18-14(11-16(19-12)21-6-2-3-7-21)20-13-4-8-22-9-5-17-15(22)10-13/h4-5,8-11H,2-3,6-7H2,1H3,(H,18,19,20). The summed E-state index contributed by atoms with van der Waals surface area (Å²) in [6.45, 7) is 4.09. The van der Waals surface area contributed by atoms with Crippen LogP contribution in [0.3, 0.4) is 0 Å². The number of anilines is 3. The van der Waals surface area contributed by atoms with E-state index in [1.807, 2.05) is 41.9 Å². The van der Waals surface area contributed by atoms with Crippen LogP contribution in [-0.2, 0) is 0 Å². The second-order valence-corrected chi connectivity index (χ2v) is 5.59. The van der Waals surface area contributed by atoms with Crippen LogP contribution in [0.2, 0.25) is 0 Å². The summed E-state index contributed by atoms with van der Waals surface area (Å²) in [5.41, 5.74) is 1.89. The zero-order valence-corrected chi connectivity index (χ0v) is 12.5. The number of hydrogen-bond donors (Lipinski definition) is 1. The van der Waals surface area contributed by atoms with Gasteiger partial charge in [0, 0.05) is 49.5 Å². The molecule has 0 saturated carbocycles. The van der Waals surface area contributed by atoms with Crippen LogP contribution in [0.5, 0.6) is 0 Å². The Kier molecular flexibility index (Phi) is 3.14. The average Bonchev–Trinajstić information content (AvgIpc) is 3.18. The van der Waals surface area contributed by atoms with Gasteiger partial charge in [0.05, 0.1) is 0 Å². The van der Waals surface area contributed by atoms with Crippen LogP contribution in [0.25, 0.3) is 5.65 Å². The minimum absolute atomic E-state index is 0.786. The minimum atomic E-state index is 0.786. The number of rotatable bonds is 3. The van der Waals surface area contributed by atoms with E-state index in [9.17, 15) is 0 Å². The van der Waals surface area contributed by atoms with Crippen LogP contribution in [0.4, 0.5) is 17.3 Å². The number of nitrogens with one attached hydrogen (secondary N) is 1. The smallest absolute Gasteiger partial charge is 0.138 e. The van der Waals surface area contributed by atoms with Gasteiger partial charge in [0.2, 0.25) is 0 Å². The molecule has 0 aromatic carbocycles. The van der Waals surface area contributed by atoms with Crippen LogP contribution >= 0.6 is 0 Å². The van der Waals surface area contributed by atoms with E-state index in [0.29, 0.717) is 0 Å². The normalized spacial score (nSPS) is 14.7. The van der Waals surface area contributed by atoms with E-state index in [-0.39, 0.29) is 0 Å². The maximum absolute atomic E-state index is 4.56. The first-order valence-electron chi connectivity index (χ1n) is 7.58. The van der Waals surface area contributed by atoms with E-state index >= 15 is 0 Å². The van der Waals surface area contributed by atoms with Gasteiger partial charge in [0.15, 0.2) is 0 Å². The van der Waals surface area contributed by atoms with Gasteiger partial charge >= 0.3 is 0 Å². The van der Waals surface area contributed by atoms with Crippen molar-refractivity contribution in [3.8, 4) is 0 Å². The summed E-state index contributed by atoms with van der Waals surface area (Å²) in [5.74, 6) is 2.62. The highest BCUT2D eigenvalue weighted by Gasteiger charge is 2.15. The molecule has 112 valence electrons. The quantitative estimate of drug-likeness (QED) is 0.805. The molecule has 1 saturated heterocycles. The molecule has 6 heteroatoms. The van der Waals surface area contributed by atoms with Crippen LogP contribution in [0.1, 0.15) is 18.7 Å². The summed E-state index contributed by atoms with van der Waals surface area (Å²) in [4.78, 5) is 15.7. The van der Waals surface area contributed by atoms with Crippen molar-refractivity contribution in [2.45, 2.75) is 19.8 Å². The molecule has 1 N–H and O–H groups in total. The Hall–Kier alpha value is -2.63. The fourth-order valence-corrected chi connectivity index (χ4v) is 2.86. The molecule has 0 unspecified atom stereocenters. The van der Waals surface area contributed by atoms with E-state index in [1.165, 1.54) is 12.8 Å². The third-order valence-electron chi connectivity index (χ3n) is 3.92. The van der Waals surface area contributed by atoms with Gasteiger partial charge in [-0.25, -0.2) is 15.0 Å². The van der Waals surface area contributed by atoms with Crippen LogP contribution in [0.15, 0.2) is 36.8 Å². The summed E-state index contributed by atoms with van der Waals surface area (Å²) in [6.07, 6.45) is 8.18. The van der Waals surface area contributed by atoms with Crippen molar-refractivity contribution in [2.75, 3.05) is 23.3 Å². The number of nitrogens with zero attached hydrogens (tertiary/aromatic N) is 5. The lowest BCUT2D eigenvalue weighted by molar-refractivity contribution is 0.912. The van der Waals surface area contributed by atoms with E-state index in [1.54, 1.807) is 6.20 Å². The zero-order chi connectivity index (χ0) is 14.9.